The Hall–Kier alpha value is -1.79. The van der Waals surface area contributed by atoms with Gasteiger partial charge in [0.25, 0.3) is 0 Å². The van der Waals surface area contributed by atoms with Crippen molar-refractivity contribution in [1.82, 2.24) is 10.2 Å². The molecule has 5 nitrogen and oxygen atoms in total. The Balaban J connectivity index is 1.96. The number of nitrogens with zero attached hydrogens (tertiary/aromatic N) is 1. The van der Waals surface area contributed by atoms with Crippen LogP contribution in [0.4, 0.5) is 4.39 Å². The Kier molecular flexibility index (Phi) is 6.24. The molecule has 1 aliphatic rings. The first kappa shape index (κ1) is 17.6. The second kappa shape index (κ2) is 8.17. The third-order valence-electron chi connectivity index (χ3n) is 4.35. The van der Waals surface area contributed by atoms with Gasteiger partial charge in [-0.1, -0.05) is 12.1 Å². The van der Waals surface area contributed by atoms with Crippen LogP contribution in [-0.2, 0) is 16.1 Å². The van der Waals surface area contributed by atoms with Gasteiger partial charge in [-0.05, 0) is 37.5 Å². The first-order chi connectivity index (χ1) is 11.0. The van der Waals surface area contributed by atoms with Crippen LogP contribution in [0, 0.1) is 11.7 Å². The third-order valence-corrected chi connectivity index (χ3v) is 4.35. The van der Waals surface area contributed by atoms with E-state index < -0.39 is 11.9 Å². The zero-order valence-corrected chi connectivity index (χ0v) is 13.3. The van der Waals surface area contributed by atoms with E-state index >= 15 is 0 Å². The van der Waals surface area contributed by atoms with Crippen molar-refractivity contribution in [2.75, 3.05) is 19.6 Å². The van der Waals surface area contributed by atoms with Crippen LogP contribution in [0.3, 0.4) is 0 Å². The van der Waals surface area contributed by atoms with Gasteiger partial charge in [-0.15, -0.1) is 0 Å². The molecular weight excluding hydrogens is 299 g/mol. The van der Waals surface area contributed by atoms with Gasteiger partial charge in [-0.3, -0.25) is 14.5 Å². The van der Waals surface area contributed by atoms with E-state index in [0.717, 1.165) is 25.2 Å². The fourth-order valence-electron chi connectivity index (χ4n) is 2.98. The van der Waals surface area contributed by atoms with E-state index in [4.69, 9.17) is 5.11 Å². The molecule has 23 heavy (non-hydrogen) atoms. The standard InChI is InChI=1S/C17H23FN2O3/c1-12(21)16(17(22)23)7-6-15-10-19-8-9-20(15)11-13-2-4-14(18)5-3-13/h2-5,15-16,19H,6-11H2,1H3,(H,22,23). The zero-order valence-electron chi connectivity index (χ0n) is 13.3. The number of ketones is 1. The van der Waals surface area contributed by atoms with Gasteiger partial charge in [-0.2, -0.15) is 0 Å². The maximum Gasteiger partial charge on any atom is 0.314 e. The van der Waals surface area contributed by atoms with Crippen molar-refractivity contribution < 1.29 is 19.1 Å². The number of rotatable bonds is 7. The number of carbonyl (C=O) groups is 2. The van der Waals surface area contributed by atoms with Crippen LogP contribution in [0.1, 0.15) is 25.3 Å². The number of carboxylic acid groups (broad SMARTS) is 1. The van der Waals surface area contributed by atoms with E-state index in [1.54, 1.807) is 12.1 Å². The second-order valence-electron chi connectivity index (χ2n) is 6.03. The second-order valence-corrected chi connectivity index (χ2v) is 6.03. The van der Waals surface area contributed by atoms with Gasteiger partial charge in [-0.25, -0.2) is 4.39 Å². The van der Waals surface area contributed by atoms with Crippen LogP contribution in [0.5, 0.6) is 0 Å². The van der Waals surface area contributed by atoms with Crippen LogP contribution < -0.4 is 5.32 Å². The summed E-state index contributed by atoms with van der Waals surface area (Å²) >= 11 is 0. The Morgan fingerprint density at radius 3 is 2.70 bits per heavy atom. The summed E-state index contributed by atoms with van der Waals surface area (Å²) in [6.07, 6.45) is 0.988. The largest absolute Gasteiger partial charge is 0.481 e. The summed E-state index contributed by atoms with van der Waals surface area (Å²) in [5, 5.41) is 12.4. The summed E-state index contributed by atoms with van der Waals surface area (Å²) in [6.45, 7) is 4.51. The van der Waals surface area contributed by atoms with Crippen molar-refractivity contribution in [3.8, 4) is 0 Å². The van der Waals surface area contributed by atoms with Gasteiger partial charge in [0.2, 0.25) is 0 Å². The third kappa shape index (κ3) is 5.11. The molecule has 2 N–H and O–H groups in total. The molecule has 1 aromatic carbocycles. The number of halogens is 1. The summed E-state index contributed by atoms with van der Waals surface area (Å²) in [5.41, 5.74) is 1.03. The molecule has 0 aromatic heterocycles. The first-order valence-electron chi connectivity index (χ1n) is 7.90. The maximum absolute atomic E-state index is 13.0. The topological polar surface area (TPSA) is 69.6 Å². The van der Waals surface area contributed by atoms with Gasteiger partial charge in [0.1, 0.15) is 17.5 Å². The predicted octanol–water partition coefficient (Wildman–Crippen LogP) is 1.67. The molecule has 1 heterocycles. The molecule has 2 atom stereocenters. The molecule has 0 bridgehead atoms. The van der Waals surface area contributed by atoms with Crippen LogP contribution >= 0.6 is 0 Å². The maximum atomic E-state index is 13.0. The normalized spacial score (nSPS) is 20.2. The lowest BCUT2D eigenvalue weighted by Gasteiger charge is -2.36. The molecule has 0 spiro atoms. The minimum Gasteiger partial charge on any atom is -0.481 e. The first-order valence-corrected chi connectivity index (χ1v) is 7.90. The van der Waals surface area contributed by atoms with Crippen LogP contribution in [0.15, 0.2) is 24.3 Å². The minimum absolute atomic E-state index is 0.176. The predicted molar refractivity (Wildman–Crippen MR) is 84.5 cm³/mol. The van der Waals surface area contributed by atoms with Crippen molar-refractivity contribution in [3.05, 3.63) is 35.6 Å². The van der Waals surface area contributed by atoms with Gasteiger partial charge in [0.15, 0.2) is 0 Å². The Bertz CT molecular complexity index is 533. The molecule has 6 heteroatoms. The lowest BCUT2D eigenvalue weighted by atomic mass is 9.95. The molecule has 0 radical (unpaired) electrons. The highest BCUT2D eigenvalue weighted by atomic mass is 19.1. The zero-order chi connectivity index (χ0) is 16.8. The molecule has 2 rings (SSSR count). The Labute approximate surface area is 135 Å². The average Bonchev–Trinajstić information content (AvgIpc) is 2.50. The van der Waals surface area contributed by atoms with Crippen molar-refractivity contribution in [2.24, 2.45) is 5.92 Å². The molecule has 1 saturated heterocycles. The van der Waals surface area contributed by atoms with E-state index in [9.17, 15) is 14.0 Å². The minimum atomic E-state index is -1.05. The monoisotopic (exact) mass is 322 g/mol. The number of carbonyl (C=O) groups excluding carboxylic acids is 1. The molecule has 0 saturated carbocycles. The molecule has 2 unspecified atom stereocenters. The Morgan fingerprint density at radius 2 is 2.09 bits per heavy atom. The van der Waals surface area contributed by atoms with Gasteiger partial charge < -0.3 is 10.4 Å². The number of Topliss-reactive ketones (excluding diaryl/α,β-unsaturated/α-hetero) is 1. The van der Waals surface area contributed by atoms with E-state index in [-0.39, 0.29) is 17.6 Å². The molecule has 126 valence electrons. The Morgan fingerprint density at radius 1 is 1.39 bits per heavy atom. The van der Waals surface area contributed by atoms with Gasteiger partial charge >= 0.3 is 5.97 Å². The lowest BCUT2D eigenvalue weighted by molar-refractivity contribution is -0.146. The van der Waals surface area contributed by atoms with E-state index in [0.29, 0.717) is 19.4 Å². The summed E-state index contributed by atoms with van der Waals surface area (Å²) in [5.74, 6) is -2.53. The number of aliphatic carboxylic acids is 1. The fraction of sp³-hybridized carbons (Fsp3) is 0.529. The van der Waals surface area contributed by atoms with E-state index in [1.165, 1.54) is 19.1 Å². The van der Waals surface area contributed by atoms with Crippen molar-refractivity contribution in [2.45, 2.75) is 32.4 Å². The van der Waals surface area contributed by atoms with Crippen molar-refractivity contribution in [1.29, 1.82) is 0 Å². The highest BCUT2D eigenvalue weighted by molar-refractivity contribution is 5.96. The van der Waals surface area contributed by atoms with Crippen molar-refractivity contribution in [3.63, 3.8) is 0 Å². The van der Waals surface area contributed by atoms with Crippen molar-refractivity contribution >= 4 is 11.8 Å². The number of nitrogens with one attached hydrogen (secondary N) is 1. The number of hydrogen-bond acceptors (Lipinski definition) is 4. The molecule has 1 fully saturated rings. The summed E-state index contributed by atoms with van der Waals surface area (Å²) in [4.78, 5) is 24.8. The van der Waals surface area contributed by atoms with Crippen LogP contribution in [0.2, 0.25) is 0 Å². The smallest absolute Gasteiger partial charge is 0.314 e. The average molecular weight is 322 g/mol. The highest BCUT2D eigenvalue weighted by Gasteiger charge is 2.27. The van der Waals surface area contributed by atoms with Gasteiger partial charge in [0.05, 0.1) is 0 Å². The lowest BCUT2D eigenvalue weighted by Crippen LogP contribution is -2.51. The molecule has 0 amide bonds. The summed E-state index contributed by atoms with van der Waals surface area (Å²) in [7, 11) is 0. The van der Waals surface area contributed by atoms with Crippen LogP contribution in [0.25, 0.3) is 0 Å². The molecule has 1 aliphatic heterocycles. The van der Waals surface area contributed by atoms with E-state index in [2.05, 4.69) is 10.2 Å². The SMILES string of the molecule is CC(=O)C(CCC1CNCCN1Cc1ccc(F)cc1)C(=O)O. The molecular formula is C17H23FN2O3. The summed E-state index contributed by atoms with van der Waals surface area (Å²) < 4.78 is 13.0. The van der Waals surface area contributed by atoms with E-state index in [1.807, 2.05) is 0 Å². The summed E-state index contributed by atoms with van der Waals surface area (Å²) in [6, 6.07) is 6.61. The number of piperazine rings is 1. The van der Waals surface area contributed by atoms with Crippen LogP contribution in [-0.4, -0.2) is 47.4 Å². The fourth-order valence-corrected chi connectivity index (χ4v) is 2.98. The molecule has 1 aromatic rings. The number of carboxylic acids is 1. The van der Waals surface area contributed by atoms with Gasteiger partial charge in [0, 0.05) is 32.2 Å². The number of benzene rings is 1. The highest BCUT2D eigenvalue weighted by Crippen LogP contribution is 2.18. The quantitative estimate of drug-likeness (QED) is 0.747. The number of hydrogen-bond donors (Lipinski definition) is 2. The molecule has 0 aliphatic carbocycles.